The van der Waals surface area contributed by atoms with Crippen molar-refractivity contribution in [3.8, 4) is 0 Å². The van der Waals surface area contributed by atoms with E-state index in [1.165, 1.54) is 23.3 Å². The number of nitrogens with zero attached hydrogens (tertiary/aromatic N) is 1. The van der Waals surface area contributed by atoms with E-state index in [0.29, 0.717) is 0 Å². The zero-order valence-electron chi connectivity index (χ0n) is 11.0. The summed E-state index contributed by atoms with van der Waals surface area (Å²) in [4.78, 5) is 14.6. The second-order valence-corrected chi connectivity index (χ2v) is 6.07. The van der Waals surface area contributed by atoms with E-state index in [-0.39, 0.29) is 6.04 Å². The van der Waals surface area contributed by atoms with Crippen LogP contribution in [0.3, 0.4) is 0 Å². The molecule has 3 heteroatoms. The van der Waals surface area contributed by atoms with Gasteiger partial charge >= 0.3 is 0 Å². The van der Waals surface area contributed by atoms with Crippen molar-refractivity contribution in [1.82, 2.24) is 4.90 Å². The Morgan fingerprint density at radius 3 is 2.83 bits per heavy atom. The van der Waals surface area contributed by atoms with Gasteiger partial charge in [-0.1, -0.05) is 24.1 Å². The van der Waals surface area contributed by atoms with Gasteiger partial charge in [0.15, 0.2) is 0 Å². The molecule has 0 radical (unpaired) electrons. The Kier molecular flexibility index (Phi) is 5.26. The van der Waals surface area contributed by atoms with E-state index in [0.717, 1.165) is 31.5 Å². The van der Waals surface area contributed by atoms with Gasteiger partial charge in [0.05, 0.1) is 6.04 Å². The second kappa shape index (κ2) is 6.95. The first-order valence-corrected chi connectivity index (χ1v) is 7.67. The highest BCUT2D eigenvalue weighted by Crippen LogP contribution is 2.20. The number of aryl methyl sites for hydroxylation is 1. The van der Waals surface area contributed by atoms with E-state index in [1.807, 2.05) is 11.8 Å². The average molecular weight is 263 g/mol. The van der Waals surface area contributed by atoms with Crippen LogP contribution in [0.15, 0.2) is 29.2 Å². The van der Waals surface area contributed by atoms with Gasteiger partial charge in [-0.15, -0.1) is 11.8 Å². The molecular formula is C15H21NOS. The van der Waals surface area contributed by atoms with Gasteiger partial charge in [-0.3, -0.25) is 4.90 Å². The molecule has 1 unspecified atom stereocenters. The zero-order chi connectivity index (χ0) is 12.8. The number of carbonyl (C=O) groups is 1. The summed E-state index contributed by atoms with van der Waals surface area (Å²) in [7, 11) is 0. The summed E-state index contributed by atoms with van der Waals surface area (Å²) >= 11 is 1.88. The predicted molar refractivity (Wildman–Crippen MR) is 77.2 cm³/mol. The Labute approximate surface area is 114 Å². The molecule has 0 aliphatic carbocycles. The number of aldehydes is 1. The number of rotatable bonds is 5. The van der Waals surface area contributed by atoms with E-state index in [9.17, 15) is 4.79 Å². The first kappa shape index (κ1) is 13.6. The van der Waals surface area contributed by atoms with Crippen molar-refractivity contribution in [3.05, 3.63) is 29.8 Å². The van der Waals surface area contributed by atoms with E-state index < -0.39 is 0 Å². The van der Waals surface area contributed by atoms with Crippen LogP contribution in [0.5, 0.6) is 0 Å². The molecule has 1 aromatic rings. The minimum atomic E-state index is 0.164. The molecule has 1 atom stereocenters. The van der Waals surface area contributed by atoms with Crippen molar-refractivity contribution in [2.45, 2.75) is 37.1 Å². The fourth-order valence-corrected chi connectivity index (χ4v) is 3.25. The number of piperidine rings is 1. The van der Waals surface area contributed by atoms with Crippen molar-refractivity contribution in [1.29, 1.82) is 0 Å². The van der Waals surface area contributed by atoms with Crippen LogP contribution in [0.1, 0.15) is 24.8 Å². The van der Waals surface area contributed by atoms with Crippen LogP contribution in [0.2, 0.25) is 0 Å². The van der Waals surface area contributed by atoms with Gasteiger partial charge in [0.25, 0.3) is 0 Å². The molecule has 0 spiro atoms. The Bertz CT molecular complexity index is 377. The molecule has 0 amide bonds. The molecule has 0 N–H and O–H groups in total. The molecule has 18 heavy (non-hydrogen) atoms. The predicted octanol–water partition coefficient (Wildman–Crippen LogP) is 3.14. The van der Waals surface area contributed by atoms with Crippen molar-refractivity contribution >= 4 is 18.0 Å². The third kappa shape index (κ3) is 3.85. The van der Waals surface area contributed by atoms with Crippen LogP contribution in [0.4, 0.5) is 0 Å². The quantitative estimate of drug-likeness (QED) is 0.601. The van der Waals surface area contributed by atoms with Crippen LogP contribution in [-0.2, 0) is 4.79 Å². The lowest BCUT2D eigenvalue weighted by Gasteiger charge is -2.31. The van der Waals surface area contributed by atoms with Gasteiger partial charge < -0.3 is 4.79 Å². The van der Waals surface area contributed by atoms with Gasteiger partial charge in [0.1, 0.15) is 6.29 Å². The minimum Gasteiger partial charge on any atom is -0.302 e. The van der Waals surface area contributed by atoms with Crippen LogP contribution < -0.4 is 0 Å². The Balaban J connectivity index is 1.77. The fraction of sp³-hybridized carbons (Fsp3) is 0.533. The zero-order valence-corrected chi connectivity index (χ0v) is 11.8. The molecule has 0 saturated carbocycles. The van der Waals surface area contributed by atoms with E-state index in [1.54, 1.807) is 0 Å². The molecule has 98 valence electrons. The molecule has 1 aromatic carbocycles. The summed E-state index contributed by atoms with van der Waals surface area (Å²) in [6, 6.07) is 8.81. The number of carbonyl (C=O) groups excluding carboxylic acids is 1. The number of thioether (sulfide) groups is 1. The van der Waals surface area contributed by atoms with Crippen molar-refractivity contribution in [2.24, 2.45) is 0 Å². The molecule has 1 fully saturated rings. The lowest BCUT2D eigenvalue weighted by molar-refractivity contribution is -0.113. The topological polar surface area (TPSA) is 20.3 Å². The number of likely N-dealkylation sites (tertiary alicyclic amines) is 1. The minimum absolute atomic E-state index is 0.164. The Morgan fingerprint density at radius 2 is 2.11 bits per heavy atom. The standard InChI is InChI=1S/C15H21NOS/c1-13-5-7-15(8-6-13)18-11-10-16-9-3-2-4-14(16)12-17/h5-8,12,14H,2-4,9-11H2,1H3. The summed E-state index contributed by atoms with van der Waals surface area (Å²) in [5.74, 6) is 1.06. The third-order valence-corrected chi connectivity index (χ3v) is 4.48. The highest BCUT2D eigenvalue weighted by molar-refractivity contribution is 7.99. The molecule has 1 heterocycles. The average Bonchev–Trinajstić information content (AvgIpc) is 2.41. The second-order valence-electron chi connectivity index (χ2n) is 4.90. The van der Waals surface area contributed by atoms with Crippen LogP contribution >= 0.6 is 11.8 Å². The highest BCUT2D eigenvalue weighted by Gasteiger charge is 2.20. The Morgan fingerprint density at radius 1 is 1.33 bits per heavy atom. The molecule has 0 aromatic heterocycles. The molecule has 1 saturated heterocycles. The van der Waals surface area contributed by atoms with Gasteiger partial charge in [-0.2, -0.15) is 0 Å². The maximum absolute atomic E-state index is 11.0. The number of benzene rings is 1. The van der Waals surface area contributed by atoms with Crippen molar-refractivity contribution in [2.75, 3.05) is 18.8 Å². The van der Waals surface area contributed by atoms with E-state index in [2.05, 4.69) is 36.1 Å². The van der Waals surface area contributed by atoms with Gasteiger partial charge in [0, 0.05) is 17.2 Å². The summed E-state index contributed by atoms with van der Waals surface area (Å²) in [5.41, 5.74) is 1.30. The van der Waals surface area contributed by atoms with Gasteiger partial charge in [-0.25, -0.2) is 0 Å². The molecule has 2 rings (SSSR count). The van der Waals surface area contributed by atoms with Gasteiger partial charge in [-0.05, 0) is 38.4 Å². The monoisotopic (exact) mass is 263 g/mol. The summed E-state index contributed by atoms with van der Waals surface area (Å²) in [6.07, 6.45) is 4.60. The normalized spacial score (nSPS) is 20.8. The van der Waals surface area contributed by atoms with Gasteiger partial charge in [0.2, 0.25) is 0 Å². The lowest BCUT2D eigenvalue weighted by atomic mass is 10.0. The highest BCUT2D eigenvalue weighted by atomic mass is 32.2. The number of hydrogen-bond donors (Lipinski definition) is 0. The molecule has 0 bridgehead atoms. The third-order valence-electron chi connectivity index (χ3n) is 3.49. The maximum atomic E-state index is 11.0. The van der Waals surface area contributed by atoms with Crippen LogP contribution in [-0.4, -0.2) is 36.1 Å². The SMILES string of the molecule is Cc1ccc(SCCN2CCCCC2C=O)cc1. The van der Waals surface area contributed by atoms with Crippen LogP contribution in [0, 0.1) is 6.92 Å². The molecular weight excluding hydrogens is 242 g/mol. The van der Waals surface area contributed by atoms with Crippen LogP contribution in [0.25, 0.3) is 0 Å². The Hall–Kier alpha value is -0.800. The van der Waals surface area contributed by atoms with Crippen molar-refractivity contribution in [3.63, 3.8) is 0 Å². The smallest absolute Gasteiger partial charge is 0.137 e. The van der Waals surface area contributed by atoms with E-state index in [4.69, 9.17) is 0 Å². The lowest BCUT2D eigenvalue weighted by Crippen LogP contribution is -2.41. The first-order chi connectivity index (χ1) is 8.79. The summed E-state index contributed by atoms with van der Waals surface area (Å²) < 4.78 is 0. The summed E-state index contributed by atoms with van der Waals surface area (Å²) in [6.45, 7) is 4.21. The number of hydrogen-bond acceptors (Lipinski definition) is 3. The maximum Gasteiger partial charge on any atom is 0.137 e. The molecule has 1 aliphatic rings. The van der Waals surface area contributed by atoms with Crippen molar-refractivity contribution < 1.29 is 4.79 Å². The molecule has 1 aliphatic heterocycles. The van der Waals surface area contributed by atoms with E-state index >= 15 is 0 Å². The largest absolute Gasteiger partial charge is 0.302 e. The first-order valence-electron chi connectivity index (χ1n) is 6.68. The summed E-state index contributed by atoms with van der Waals surface area (Å²) in [5, 5.41) is 0. The molecule has 2 nitrogen and oxygen atoms in total. The fourth-order valence-electron chi connectivity index (χ4n) is 2.36.